The second-order valence-corrected chi connectivity index (χ2v) is 5.87. The number of nitrogens with one attached hydrogen (secondary N) is 2. The van der Waals surface area contributed by atoms with Gasteiger partial charge in [0.2, 0.25) is 5.88 Å². The van der Waals surface area contributed by atoms with E-state index in [2.05, 4.69) is 15.8 Å². The van der Waals surface area contributed by atoms with E-state index in [0.29, 0.717) is 30.6 Å². The molecule has 2 amide bonds. The molecule has 1 aliphatic carbocycles. The third-order valence-electron chi connectivity index (χ3n) is 4.51. The molecular weight excluding hydrogens is 246 g/mol. The van der Waals surface area contributed by atoms with E-state index in [0.717, 1.165) is 24.0 Å². The number of fused-ring (bicyclic) bond motifs is 5. The van der Waals surface area contributed by atoms with Crippen molar-refractivity contribution in [3.05, 3.63) is 11.8 Å². The number of hydrogen-bond acceptors (Lipinski definition) is 4. The number of aryl methyl sites for hydroxylation is 1. The number of nitrogens with zero attached hydrogens (tertiary/aromatic N) is 1. The maximum absolute atomic E-state index is 11.7. The number of carbonyl (C=O) groups is 1. The number of amides is 2. The van der Waals surface area contributed by atoms with Crippen LogP contribution in [0.5, 0.6) is 0 Å². The van der Waals surface area contributed by atoms with Crippen molar-refractivity contribution in [3.8, 4) is 0 Å². The highest BCUT2D eigenvalue weighted by Crippen LogP contribution is 2.60. The smallest absolute Gasteiger partial charge is 0.321 e. The van der Waals surface area contributed by atoms with E-state index < -0.39 is 0 Å². The van der Waals surface area contributed by atoms with Crippen LogP contribution in [0.15, 0.2) is 10.6 Å². The van der Waals surface area contributed by atoms with E-state index in [1.165, 1.54) is 6.42 Å². The van der Waals surface area contributed by atoms with E-state index in [-0.39, 0.29) is 6.03 Å². The molecule has 1 saturated carbocycles. The molecular formula is C13H17N3O3. The minimum atomic E-state index is -0.244. The van der Waals surface area contributed by atoms with Crippen molar-refractivity contribution < 1.29 is 14.1 Å². The van der Waals surface area contributed by atoms with Gasteiger partial charge < -0.3 is 14.6 Å². The Hall–Kier alpha value is -1.56. The number of carbonyl (C=O) groups excluding carboxylic acids is 1. The zero-order chi connectivity index (χ0) is 13.0. The first-order chi connectivity index (χ1) is 9.20. The largest absolute Gasteiger partial charge is 0.374 e. The predicted octanol–water partition coefficient (Wildman–Crippen LogP) is 1.53. The zero-order valence-corrected chi connectivity index (χ0v) is 10.8. The fraction of sp³-hybridized carbons (Fsp3) is 0.692. The summed E-state index contributed by atoms with van der Waals surface area (Å²) in [6.45, 7) is 2.48. The Morgan fingerprint density at radius 1 is 1.47 bits per heavy atom. The first kappa shape index (κ1) is 11.3. The lowest BCUT2D eigenvalue weighted by Gasteiger charge is -2.18. The van der Waals surface area contributed by atoms with Crippen LogP contribution in [-0.2, 0) is 4.74 Å². The summed E-state index contributed by atoms with van der Waals surface area (Å²) in [5.74, 6) is 2.44. The van der Waals surface area contributed by atoms with Crippen LogP contribution in [0.3, 0.4) is 0 Å². The van der Waals surface area contributed by atoms with Crippen LogP contribution in [0.2, 0.25) is 0 Å². The monoisotopic (exact) mass is 263 g/mol. The van der Waals surface area contributed by atoms with Crippen molar-refractivity contribution in [3.63, 3.8) is 0 Å². The van der Waals surface area contributed by atoms with Crippen LogP contribution in [0.4, 0.5) is 10.7 Å². The van der Waals surface area contributed by atoms with Crippen molar-refractivity contribution in [1.29, 1.82) is 0 Å². The van der Waals surface area contributed by atoms with Gasteiger partial charge in [-0.3, -0.25) is 5.32 Å². The van der Waals surface area contributed by atoms with Crippen LogP contribution in [0.25, 0.3) is 0 Å². The highest BCUT2D eigenvalue weighted by molar-refractivity contribution is 5.87. The van der Waals surface area contributed by atoms with Gasteiger partial charge in [0.05, 0.1) is 17.9 Å². The molecule has 0 aromatic carbocycles. The molecule has 102 valence electrons. The summed E-state index contributed by atoms with van der Waals surface area (Å²) in [5, 5.41) is 9.24. The molecule has 0 radical (unpaired) electrons. The van der Waals surface area contributed by atoms with Crippen LogP contribution in [0, 0.1) is 24.7 Å². The fourth-order valence-corrected chi connectivity index (χ4v) is 3.57. The number of hydrogen-bond donors (Lipinski definition) is 2. The first-order valence-corrected chi connectivity index (χ1v) is 6.84. The van der Waals surface area contributed by atoms with Crippen molar-refractivity contribution in [2.45, 2.75) is 32.0 Å². The molecule has 1 aromatic heterocycles. The highest BCUT2D eigenvalue weighted by atomic mass is 16.5. The van der Waals surface area contributed by atoms with Gasteiger partial charge in [-0.25, -0.2) is 4.79 Å². The minimum Gasteiger partial charge on any atom is -0.374 e. The lowest BCUT2D eigenvalue weighted by molar-refractivity contribution is 0.0614. The first-order valence-electron chi connectivity index (χ1n) is 6.84. The number of urea groups is 1. The maximum Gasteiger partial charge on any atom is 0.321 e. The highest BCUT2D eigenvalue weighted by Gasteiger charge is 2.62. The van der Waals surface area contributed by atoms with Gasteiger partial charge in [-0.2, -0.15) is 0 Å². The third-order valence-corrected chi connectivity index (χ3v) is 4.51. The molecule has 2 bridgehead atoms. The van der Waals surface area contributed by atoms with E-state index in [4.69, 9.17) is 9.26 Å². The predicted molar refractivity (Wildman–Crippen MR) is 66.6 cm³/mol. The van der Waals surface area contributed by atoms with E-state index in [1.54, 1.807) is 6.07 Å². The normalized spacial score (nSPS) is 38.1. The van der Waals surface area contributed by atoms with Crippen molar-refractivity contribution in [1.82, 2.24) is 10.5 Å². The molecule has 2 N–H and O–H groups in total. The number of anilines is 1. The lowest BCUT2D eigenvalue weighted by atomic mass is 9.89. The van der Waals surface area contributed by atoms with Gasteiger partial charge in [0, 0.05) is 18.5 Å². The van der Waals surface area contributed by atoms with Gasteiger partial charge in [0.15, 0.2) is 0 Å². The maximum atomic E-state index is 11.7. The Morgan fingerprint density at radius 3 is 3.05 bits per heavy atom. The second kappa shape index (κ2) is 3.96. The SMILES string of the molecule is Cc1cc(NC(=O)NC[C@@H]2C[C@@H]3O[C@H]2[C@H]2C[C@H]23)on1. The van der Waals surface area contributed by atoms with Crippen molar-refractivity contribution in [2.75, 3.05) is 11.9 Å². The summed E-state index contributed by atoms with van der Waals surface area (Å²) < 4.78 is 10.8. The zero-order valence-electron chi connectivity index (χ0n) is 10.8. The molecule has 3 heterocycles. The number of ether oxygens (including phenoxy) is 1. The van der Waals surface area contributed by atoms with Crippen LogP contribution in [-0.4, -0.2) is 29.9 Å². The molecule has 6 nitrogen and oxygen atoms in total. The average Bonchev–Trinajstić information content (AvgIpc) is 2.76. The van der Waals surface area contributed by atoms with Crippen molar-refractivity contribution >= 4 is 11.9 Å². The summed E-state index contributed by atoms with van der Waals surface area (Å²) in [5.41, 5.74) is 0.747. The molecule has 19 heavy (non-hydrogen) atoms. The van der Waals surface area contributed by atoms with Crippen LogP contribution >= 0.6 is 0 Å². The topological polar surface area (TPSA) is 76.4 Å². The van der Waals surface area contributed by atoms with E-state index >= 15 is 0 Å². The molecule has 4 rings (SSSR count). The summed E-state index contributed by atoms with van der Waals surface area (Å²) in [6, 6.07) is 1.45. The molecule has 6 heteroatoms. The average molecular weight is 263 g/mol. The molecule has 3 aliphatic rings. The molecule has 5 atom stereocenters. The minimum absolute atomic E-state index is 0.244. The van der Waals surface area contributed by atoms with Gasteiger partial charge >= 0.3 is 6.03 Å². The second-order valence-electron chi connectivity index (χ2n) is 5.87. The van der Waals surface area contributed by atoms with Gasteiger partial charge in [0.1, 0.15) is 0 Å². The Balaban J connectivity index is 1.27. The summed E-state index contributed by atoms with van der Waals surface area (Å²) in [4.78, 5) is 11.7. The molecule has 2 saturated heterocycles. The molecule has 2 aliphatic heterocycles. The number of aromatic nitrogens is 1. The Labute approximate surface area is 110 Å². The van der Waals surface area contributed by atoms with Gasteiger partial charge in [-0.05, 0) is 31.6 Å². The van der Waals surface area contributed by atoms with Crippen molar-refractivity contribution in [2.24, 2.45) is 17.8 Å². The molecule has 1 aromatic rings. The molecule has 0 spiro atoms. The summed E-state index contributed by atoms with van der Waals surface area (Å²) in [7, 11) is 0. The summed E-state index contributed by atoms with van der Waals surface area (Å²) in [6.07, 6.45) is 3.26. The van der Waals surface area contributed by atoms with E-state index in [1.807, 2.05) is 6.92 Å². The Morgan fingerprint density at radius 2 is 2.37 bits per heavy atom. The standard InChI is InChI=1S/C13H17N3O3/c1-6-2-11(19-16-6)15-13(17)14-5-7-3-10-8-4-9(8)12(7)18-10/h2,7-10,12H,3-5H2,1H3,(H2,14,15,17)/t7-,8+,9-,10-,12+/m0/s1. The van der Waals surface area contributed by atoms with Gasteiger partial charge in [0.25, 0.3) is 0 Å². The van der Waals surface area contributed by atoms with Crippen LogP contribution in [0.1, 0.15) is 18.5 Å². The summed E-state index contributed by atoms with van der Waals surface area (Å²) >= 11 is 0. The third kappa shape index (κ3) is 1.90. The molecule has 3 fully saturated rings. The fourth-order valence-electron chi connectivity index (χ4n) is 3.57. The molecule has 0 unspecified atom stereocenters. The number of rotatable bonds is 3. The Bertz CT molecular complexity index is 515. The van der Waals surface area contributed by atoms with E-state index in [9.17, 15) is 4.79 Å². The van der Waals surface area contributed by atoms with Crippen LogP contribution < -0.4 is 10.6 Å². The lowest BCUT2D eigenvalue weighted by Crippen LogP contribution is -2.36. The quantitative estimate of drug-likeness (QED) is 0.867. The van der Waals surface area contributed by atoms with Gasteiger partial charge in [-0.1, -0.05) is 5.16 Å². The Kier molecular flexibility index (Phi) is 2.35. The van der Waals surface area contributed by atoms with Gasteiger partial charge in [-0.15, -0.1) is 0 Å².